The monoisotopic (exact) mass is 486 g/mol. The van der Waals surface area contributed by atoms with Gasteiger partial charge in [0.05, 0.1) is 0 Å². The first-order chi connectivity index (χ1) is 16.2. The highest BCUT2D eigenvalue weighted by Crippen LogP contribution is 2.50. The van der Waals surface area contributed by atoms with Crippen LogP contribution in [0.5, 0.6) is 5.75 Å². The van der Waals surface area contributed by atoms with Gasteiger partial charge in [0.2, 0.25) is 5.75 Å². The normalized spacial score (nSPS) is 32.3. The molecule has 0 radical (unpaired) electrons. The zero-order valence-corrected chi connectivity index (χ0v) is 20.3. The second kappa shape index (κ2) is 11.2. The average Bonchev–Trinajstić information content (AvgIpc) is 2.80. The molecular weight excluding hydrogens is 447 g/mol. The Hall–Kier alpha value is -1.33. The van der Waals surface area contributed by atoms with E-state index < -0.39 is 23.7 Å². The molecule has 4 unspecified atom stereocenters. The SMILES string of the molecule is CCCCCC1CCC2CC(C3CCC(c4cc(F)c(OC(F)(F)F)c(F)c4)CC3)CCC2C1. The molecule has 0 aromatic heterocycles. The summed E-state index contributed by atoms with van der Waals surface area (Å²) in [7, 11) is 0. The Morgan fingerprint density at radius 2 is 1.32 bits per heavy atom. The van der Waals surface area contributed by atoms with E-state index in [1.54, 1.807) is 0 Å². The van der Waals surface area contributed by atoms with Crippen LogP contribution in [-0.4, -0.2) is 6.36 Å². The molecule has 34 heavy (non-hydrogen) atoms. The van der Waals surface area contributed by atoms with Crippen molar-refractivity contribution in [2.24, 2.45) is 29.6 Å². The van der Waals surface area contributed by atoms with Gasteiger partial charge in [0.25, 0.3) is 0 Å². The van der Waals surface area contributed by atoms with Gasteiger partial charge in [-0.2, -0.15) is 0 Å². The van der Waals surface area contributed by atoms with Gasteiger partial charge in [-0.15, -0.1) is 13.2 Å². The Kier molecular flexibility index (Phi) is 8.45. The molecule has 4 atom stereocenters. The molecule has 1 nitrogen and oxygen atoms in total. The molecule has 0 bridgehead atoms. The second-order valence-electron chi connectivity index (χ2n) is 11.2. The predicted molar refractivity (Wildman–Crippen MR) is 124 cm³/mol. The molecule has 0 heterocycles. The molecule has 4 rings (SSSR count). The van der Waals surface area contributed by atoms with Gasteiger partial charge in [-0.1, -0.05) is 39.0 Å². The molecule has 1 aromatic carbocycles. The zero-order valence-electron chi connectivity index (χ0n) is 20.3. The highest BCUT2D eigenvalue weighted by atomic mass is 19.4. The topological polar surface area (TPSA) is 9.23 Å². The molecule has 192 valence electrons. The minimum Gasteiger partial charge on any atom is -0.399 e. The molecule has 3 saturated carbocycles. The van der Waals surface area contributed by atoms with Gasteiger partial charge >= 0.3 is 6.36 Å². The summed E-state index contributed by atoms with van der Waals surface area (Å²) in [6.07, 6.45) is 12.3. The van der Waals surface area contributed by atoms with Crippen molar-refractivity contribution in [3.63, 3.8) is 0 Å². The highest BCUT2D eigenvalue weighted by Gasteiger charge is 2.39. The molecule has 1 aromatic rings. The summed E-state index contributed by atoms with van der Waals surface area (Å²) >= 11 is 0. The lowest BCUT2D eigenvalue weighted by molar-refractivity contribution is -0.276. The Bertz CT molecular complexity index is 775. The highest BCUT2D eigenvalue weighted by molar-refractivity contribution is 5.33. The van der Waals surface area contributed by atoms with Gasteiger partial charge in [-0.05, 0) is 111 Å². The van der Waals surface area contributed by atoms with Gasteiger partial charge in [0.15, 0.2) is 11.6 Å². The molecule has 6 heteroatoms. The summed E-state index contributed by atoms with van der Waals surface area (Å²) in [5.74, 6) is 0.234. The van der Waals surface area contributed by atoms with Gasteiger partial charge in [0.1, 0.15) is 0 Å². The molecule has 0 N–H and O–H groups in total. The fourth-order valence-corrected chi connectivity index (χ4v) is 7.35. The van der Waals surface area contributed by atoms with E-state index in [9.17, 15) is 22.0 Å². The maximum Gasteiger partial charge on any atom is 0.573 e. The van der Waals surface area contributed by atoms with Crippen molar-refractivity contribution < 1.29 is 26.7 Å². The third-order valence-electron chi connectivity index (χ3n) is 9.13. The van der Waals surface area contributed by atoms with E-state index >= 15 is 0 Å². The van der Waals surface area contributed by atoms with Crippen LogP contribution in [0, 0.1) is 41.2 Å². The van der Waals surface area contributed by atoms with Crippen molar-refractivity contribution in [3.8, 4) is 5.75 Å². The van der Waals surface area contributed by atoms with E-state index in [1.165, 1.54) is 64.2 Å². The zero-order chi connectivity index (χ0) is 24.3. The Morgan fingerprint density at radius 1 is 0.765 bits per heavy atom. The number of fused-ring (bicyclic) bond motifs is 1. The minimum absolute atomic E-state index is 0.00455. The maximum absolute atomic E-state index is 14.2. The standard InChI is InChI=1S/C28H39F5O/c1-2-3-4-5-18-6-7-23-15-22(13-12-21(23)14-18)19-8-10-20(11-9-19)24-16-25(29)27(26(30)17-24)34-28(31,32)33/h16-23H,2-15H2,1H3. The molecular formula is C28H39F5O. The van der Waals surface area contributed by atoms with Crippen molar-refractivity contribution in [3.05, 3.63) is 29.3 Å². The van der Waals surface area contributed by atoms with Crippen molar-refractivity contribution >= 4 is 0 Å². The van der Waals surface area contributed by atoms with E-state index in [4.69, 9.17) is 0 Å². The maximum atomic E-state index is 14.2. The van der Waals surface area contributed by atoms with Crippen LogP contribution in [0.4, 0.5) is 22.0 Å². The summed E-state index contributed by atoms with van der Waals surface area (Å²) in [5, 5.41) is 0. The number of ether oxygens (including phenoxy) is 1. The quantitative estimate of drug-likeness (QED) is 0.275. The first kappa shape index (κ1) is 25.8. The number of halogens is 5. The number of benzene rings is 1. The number of hydrogen-bond donors (Lipinski definition) is 0. The smallest absolute Gasteiger partial charge is 0.399 e. The first-order valence-corrected chi connectivity index (χ1v) is 13.5. The third kappa shape index (κ3) is 6.46. The van der Waals surface area contributed by atoms with Gasteiger partial charge in [-0.25, -0.2) is 8.78 Å². The van der Waals surface area contributed by atoms with Gasteiger partial charge in [0, 0.05) is 0 Å². The summed E-state index contributed by atoms with van der Waals surface area (Å²) in [6, 6.07) is 2.05. The molecule has 0 aliphatic heterocycles. The Morgan fingerprint density at radius 3 is 1.94 bits per heavy atom. The van der Waals surface area contributed by atoms with Crippen LogP contribution >= 0.6 is 0 Å². The molecule has 3 aliphatic carbocycles. The largest absolute Gasteiger partial charge is 0.573 e. The van der Waals surface area contributed by atoms with Crippen LogP contribution in [0.25, 0.3) is 0 Å². The molecule has 0 amide bonds. The lowest BCUT2D eigenvalue weighted by Crippen LogP contribution is -2.34. The first-order valence-electron chi connectivity index (χ1n) is 13.5. The average molecular weight is 487 g/mol. The van der Waals surface area contributed by atoms with E-state index in [1.807, 2.05) is 0 Å². The van der Waals surface area contributed by atoms with E-state index in [0.29, 0.717) is 11.5 Å². The summed E-state index contributed by atoms with van der Waals surface area (Å²) < 4.78 is 69.1. The van der Waals surface area contributed by atoms with Crippen molar-refractivity contribution in [1.29, 1.82) is 0 Å². The fourth-order valence-electron chi connectivity index (χ4n) is 7.35. The summed E-state index contributed by atoms with van der Waals surface area (Å²) in [6.45, 7) is 2.27. The number of alkyl halides is 3. The molecule has 3 aliphatic rings. The lowest BCUT2D eigenvalue weighted by Gasteiger charge is -2.45. The minimum atomic E-state index is -5.12. The lowest BCUT2D eigenvalue weighted by atomic mass is 9.60. The van der Waals surface area contributed by atoms with Crippen molar-refractivity contribution in [1.82, 2.24) is 0 Å². The Balaban J connectivity index is 1.27. The van der Waals surface area contributed by atoms with E-state index in [-0.39, 0.29) is 5.92 Å². The number of unbranched alkanes of at least 4 members (excludes halogenated alkanes) is 2. The van der Waals surface area contributed by atoms with E-state index in [2.05, 4.69) is 11.7 Å². The van der Waals surface area contributed by atoms with Crippen LogP contribution < -0.4 is 4.74 Å². The van der Waals surface area contributed by atoms with Crippen LogP contribution in [0.3, 0.4) is 0 Å². The Labute approximate surface area is 200 Å². The summed E-state index contributed by atoms with van der Waals surface area (Å²) in [4.78, 5) is 0. The van der Waals surface area contributed by atoms with Crippen molar-refractivity contribution in [2.75, 3.05) is 0 Å². The third-order valence-corrected chi connectivity index (χ3v) is 9.13. The molecule has 0 saturated heterocycles. The van der Waals surface area contributed by atoms with Gasteiger partial charge < -0.3 is 4.74 Å². The van der Waals surface area contributed by atoms with Crippen molar-refractivity contribution in [2.45, 2.75) is 109 Å². The summed E-state index contributed by atoms with van der Waals surface area (Å²) in [5.41, 5.74) is 0.452. The number of rotatable bonds is 7. The van der Waals surface area contributed by atoms with E-state index in [0.717, 1.165) is 61.5 Å². The van der Waals surface area contributed by atoms with Crippen LogP contribution in [0.1, 0.15) is 108 Å². The second-order valence-corrected chi connectivity index (χ2v) is 11.2. The molecule has 3 fully saturated rings. The van der Waals surface area contributed by atoms with Crippen LogP contribution in [-0.2, 0) is 0 Å². The predicted octanol–water partition coefficient (Wildman–Crippen LogP) is 9.55. The number of hydrogen-bond acceptors (Lipinski definition) is 1. The van der Waals surface area contributed by atoms with Crippen LogP contribution in [0.2, 0.25) is 0 Å². The fraction of sp³-hybridized carbons (Fsp3) is 0.786. The molecule has 0 spiro atoms. The van der Waals surface area contributed by atoms with Crippen LogP contribution in [0.15, 0.2) is 12.1 Å². The van der Waals surface area contributed by atoms with Gasteiger partial charge in [-0.3, -0.25) is 0 Å².